The smallest absolute Gasteiger partial charge is 0.327 e. The fraction of sp³-hybridized carbons (Fsp3) is 0.357. The summed E-state index contributed by atoms with van der Waals surface area (Å²) in [6, 6.07) is 0.637. The summed E-state index contributed by atoms with van der Waals surface area (Å²) in [6.07, 6.45) is -0.00644. The molecular formula is C14H13F3N4O2. The van der Waals surface area contributed by atoms with Gasteiger partial charge in [0.1, 0.15) is 5.69 Å². The minimum Gasteiger partial charge on any atom is -0.327 e. The SMILES string of the molecule is Cn1cc([C@H]2C[C@H]2C(=O)Nc2cc(C(F)(F)F)c[nH]c2=O)cn1. The first-order valence-corrected chi connectivity index (χ1v) is 6.85. The van der Waals surface area contributed by atoms with Crippen LogP contribution in [0.15, 0.2) is 29.5 Å². The van der Waals surface area contributed by atoms with Crippen LogP contribution in [0.25, 0.3) is 0 Å². The van der Waals surface area contributed by atoms with Gasteiger partial charge in [-0.25, -0.2) is 0 Å². The molecule has 9 heteroatoms. The zero-order valence-corrected chi connectivity index (χ0v) is 12.0. The molecule has 3 rings (SSSR count). The number of nitrogens with one attached hydrogen (secondary N) is 2. The number of hydrogen-bond acceptors (Lipinski definition) is 3. The van der Waals surface area contributed by atoms with E-state index in [4.69, 9.17) is 0 Å². The van der Waals surface area contributed by atoms with Crippen LogP contribution in [0.5, 0.6) is 0 Å². The van der Waals surface area contributed by atoms with Crippen molar-refractivity contribution in [2.45, 2.75) is 18.5 Å². The summed E-state index contributed by atoms with van der Waals surface area (Å²) in [5, 5.41) is 6.29. The van der Waals surface area contributed by atoms with Crippen LogP contribution in [-0.4, -0.2) is 20.7 Å². The molecule has 1 saturated carbocycles. The highest BCUT2D eigenvalue weighted by atomic mass is 19.4. The van der Waals surface area contributed by atoms with Crippen LogP contribution >= 0.6 is 0 Å². The van der Waals surface area contributed by atoms with Crippen molar-refractivity contribution in [2.24, 2.45) is 13.0 Å². The Hall–Kier alpha value is -2.58. The number of aromatic nitrogens is 3. The van der Waals surface area contributed by atoms with Gasteiger partial charge in [0.15, 0.2) is 0 Å². The molecule has 2 atom stereocenters. The highest BCUT2D eigenvalue weighted by molar-refractivity contribution is 5.95. The molecule has 23 heavy (non-hydrogen) atoms. The number of nitrogens with zero attached hydrogens (tertiary/aromatic N) is 2. The molecule has 0 unspecified atom stereocenters. The molecule has 0 spiro atoms. The quantitative estimate of drug-likeness (QED) is 0.904. The molecule has 0 aromatic carbocycles. The first kappa shape index (κ1) is 15.3. The van der Waals surface area contributed by atoms with Gasteiger partial charge in [0, 0.05) is 25.4 Å². The minimum absolute atomic E-state index is 0.0198. The maximum atomic E-state index is 12.6. The van der Waals surface area contributed by atoms with Crippen LogP contribution in [0, 0.1) is 5.92 Å². The number of alkyl halides is 3. The topological polar surface area (TPSA) is 79.8 Å². The van der Waals surface area contributed by atoms with E-state index in [1.54, 1.807) is 24.1 Å². The fourth-order valence-electron chi connectivity index (χ4n) is 2.45. The number of amides is 1. The van der Waals surface area contributed by atoms with E-state index in [1.807, 2.05) is 4.98 Å². The van der Waals surface area contributed by atoms with Crippen molar-refractivity contribution in [3.63, 3.8) is 0 Å². The van der Waals surface area contributed by atoms with E-state index in [0.717, 1.165) is 5.56 Å². The molecule has 0 radical (unpaired) electrons. The number of anilines is 1. The van der Waals surface area contributed by atoms with E-state index in [9.17, 15) is 22.8 Å². The molecule has 2 heterocycles. The molecule has 1 aliphatic carbocycles. The van der Waals surface area contributed by atoms with Gasteiger partial charge >= 0.3 is 6.18 Å². The van der Waals surface area contributed by atoms with Crippen molar-refractivity contribution in [2.75, 3.05) is 5.32 Å². The number of aryl methyl sites for hydroxylation is 1. The molecule has 2 N–H and O–H groups in total. The van der Waals surface area contributed by atoms with E-state index in [-0.39, 0.29) is 11.8 Å². The third-order valence-corrected chi connectivity index (χ3v) is 3.77. The lowest BCUT2D eigenvalue weighted by Crippen LogP contribution is -2.22. The Morgan fingerprint density at radius 3 is 2.83 bits per heavy atom. The Balaban J connectivity index is 1.73. The van der Waals surface area contributed by atoms with E-state index in [0.29, 0.717) is 18.7 Å². The Labute approximate surface area is 128 Å². The highest BCUT2D eigenvalue weighted by Crippen LogP contribution is 2.47. The number of hydrogen-bond donors (Lipinski definition) is 2. The lowest BCUT2D eigenvalue weighted by Gasteiger charge is -2.09. The normalized spacial score (nSPS) is 20.3. The maximum absolute atomic E-state index is 12.6. The number of halogens is 3. The molecular weight excluding hydrogens is 313 g/mol. The van der Waals surface area contributed by atoms with Crippen LogP contribution < -0.4 is 10.9 Å². The molecule has 0 aliphatic heterocycles. The van der Waals surface area contributed by atoms with Gasteiger partial charge in [0.05, 0.1) is 11.8 Å². The van der Waals surface area contributed by atoms with Gasteiger partial charge in [-0.2, -0.15) is 18.3 Å². The molecule has 2 aromatic rings. The van der Waals surface area contributed by atoms with Gasteiger partial charge in [-0.3, -0.25) is 14.3 Å². The summed E-state index contributed by atoms with van der Waals surface area (Å²) in [4.78, 5) is 25.7. The zero-order chi connectivity index (χ0) is 16.8. The van der Waals surface area contributed by atoms with Crippen LogP contribution in [0.3, 0.4) is 0 Å². The first-order chi connectivity index (χ1) is 10.8. The molecule has 1 aliphatic rings. The van der Waals surface area contributed by atoms with E-state index >= 15 is 0 Å². The van der Waals surface area contributed by atoms with Crippen molar-refractivity contribution in [3.05, 3.63) is 46.1 Å². The summed E-state index contributed by atoms with van der Waals surface area (Å²) in [5.74, 6) is -0.856. The van der Waals surface area contributed by atoms with Crippen molar-refractivity contribution >= 4 is 11.6 Å². The summed E-state index contributed by atoms with van der Waals surface area (Å²) < 4.78 is 39.6. The van der Waals surface area contributed by atoms with E-state index in [1.165, 1.54) is 0 Å². The van der Waals surface area contributed by atoms with Gasteiger partial charge in [-0.15, -0.1) is 0 Å². The fourth-order valence-corrected chi connectivity index (χ4v) is 2.45. The number of carbonyl (C=O) groups is 1. The predicted molar refractivity (Wildman–Crippen MR) is 74.8 cm³/mol. The molecule has 1 fully saturated rings. The van der Waals surface area contributed by atoms with Crippen molar-refractivity contribution < 1.29 is 18.0 Å². The molecule has 2 aromatic heterocycles. The summed E-state index contributed by atoms with van der Waals surface area (Å²) in [5.41, 5.74) is -1.30. The van der Waals surface area contributed by atoms with Crippen LogP contribution in [-0.2, 0) is 18.0 Å². The van der Waals surface area contributed by atoms with Gasteiger partial charge in [0.25, 0.3) is 5.56 Å². The molecule has 0 bridgehead atoms. The average molecular weight is 326 g/mol. The summed E-state index contributed by atoms with van der Waals surface area (Å²) in [6.45, 7) is 0. The second-order valence-electron chi connectivity index (χ2n) is 5.51. The third kappa shape index (κ3) is 3.13. The monoisotopic (exact) mass is 326 g/mol. The van der Waals surface area contributed by atoms with Crippen molar-refractivity contribution in [3.8, 4) is 0 Å². The molecule has 1 amide bonds. The minimum atomic E-state index is -4.60. The van der Waals surface area contributed by atoms with Crippen LogP contribution in [0.2, 0.25) is 0 Å². The number of rotatable bonds is 3. The molecule has 122 valence electrons. The second kappa shape index (κ2) is 5.25. The number of pyridine rings is 1. The van der Waals surface area contributed by atoms with Gasteiger partial charge in [0.2, 0.25) is 5.91 Å². The summed E-state index contributed by atoms with van der Waals surface area (Å²) >= 11 is 0. The van der Waals surface area contributed by atoms with Gasteiger partial charge in [-0.05, 0) is 24.0 Å². The lowest BCUT2D eigenvalue weighted by atomic mass is 10.2. The third-order valence-electron chi connectivity index (χ3n) is 3.77. The average Bonchev–Trinajstić information content (AvgIpc) is 3.15. The number of H-pyrrole nitrogens is 1. The lowest BCUT2D eigenvalue weighted by molar-refractivity contribution is -0.137. The standard InChI is InChI=1S/C14H13F3N4O2/c1-21-6-7(4-19-21)9-3-10(9)12(22)20-11-2-8(14(15,16)17)5-18-13(11)23/h2,4-6,9-10H,3H2,1H3,(H,18,23)(H,20,22)/t9-,10-/m1/s1. The highest BCUT2D eigenvalue weighted by Gasteiger charge is 2.44. The second-order valence-corrected chi connectivity index (χ2v) is 5.51. The van der Waals surface area contributed by atoms with Crippen molar-refractivity contribution in [1.82, 2.24) is 14.8 Å². The van der Waals surface area contributed by atoms with Crippen LogP contribution in [0.4, 0.5) is 18.9 Å². The maximum Gasteiger partial charge on any atom is 0.417 e. The van der Waals surface area contributed by atoms with E-state index in [2.05, 4.69) is 10.4 Å². The van der Waals surface area contributed by atoms with Crippen LogP contribution in [0.1, 0.15) is 23.5 Å². The predicted octanol–water partition coefficient (Wildman–Crippen LogP) is 1.87. The molecule has 6 nitrogen and oxygen atoms in total. The largest absolute Gasteiger partial charge is 0.417 e. The van der Waals surface area contributed by atoms with Crippen molar-refractivity contribution in [1.29, 1.82) is 0 Å². The Bertz CT molecular complexity index is 809. The first-order valence-electron chi connectivity index (χ1n) is 6.85. The van der Waals surface area contributed by atoms with Gasteiger partial charge < -0.3 is 10.3 Å². The Morgan fingerprint density at radius 1 is 1.48 bits per heavy atom. The van der Waals surface area contributed by atoms with E-state index < -0.39 is 28.9 Å². The zero-order valence-electron chi connectivity index (χ0n) is 12.0. The summed E-state index contributed by atoms with van der Waals surface area (Å²) in [7, 11) is 1.75. The number of carbonyl (C=O) groups excluding carboxylic acids is 1. The Morgan fingerprint density at radius 2 is 2.22 bits per heavy atom. The molecule has 0 saturated heterocycles. The van der Waals surface area contributed by atoms with Gasteiger partial charge in [-0.1, -0.05) is 0 Å². The Kier molecular flexibility index (Phi) is 3.50. The number of aromatic amines is 1.